The van der Waals surface area contributed by atoms with Crippen LogP contribution >= 0.6 is 0 Å². The third kappa shape index (κ3) is 3.38. The molecular formula is C18H22N2O3. The predicted molar refractivity (Wildman–Crippen MR) is 88.3 cm³/mol. The predicted octanol–water partition coefficient (Wildman–Crippen LogP) is 3.10. The molecule has 5 heteroatoms. The summed E-state index contributed by atoms with van der Waals surface area (Å²) in [6.45, 7) is 0. The van der Waals surface area contributed by atoms with Gasteiger partial charge in [0.05, 0.1) is 0 Å². The molecule has 2 aromatic rings. The molecule has 1 fully saturated rings. The van der Waals surface area contributed by atoms with E-state index in [1.807, 2.05) is 30.3 Å². The van der Waals surface area contributed by atoms with Crippen LogP contribution in [0.5, 0.6) is 0 Å². The maximum Gasteiger partial charge on any atom is 0.366 e. The largest absolute Gasteiger partial charge is 0.366 e. The number of aromatic nitrogens is 1. The average Bonchev–Trinajstić information content (AvgIpc) is 2.71. The van der Waals surface area contributed by atoms with Crippen LogP contribution in [-0.2, 0) is 7.05 Å². The number of hydrogen-bond donors (Lipinski definition) is 1. The van der Waals surface area contributed by atoms with E-state index in [2.05, 4.69) is 5.32 Å². The Morgan fingerprint density at radius 3 is 2.43 bits per heavy atom. The molecule has 1 aromatic heterocycles. The summed E-state index contributed by atoms with van der Waals surface area (Å²) in [4.78, 5) is 24.9. The van der Waals surface area contributed by atoms with Crippen molar-refractivity contribution < 1.29 is 9.32 Å². The van der Waals surface area contributed by atoms with Crippen LogP contribution in [0.25, 0.3) is 11.1 Å². The van der Waals surface area contributed by atoms with Gasteiger partial charge in [-0.1, -0.05) is 56.0 Å². The normalized spacial score (nSPS) is 16.0. The van der Waals surface area contributed by atoms with Gasteiger partial charge in [-0.25, -0.2) is 9.53 Å². The van der Waals surface area contributed by atoms with Gasteiger partial charge in [-0.3, -0.25) is 4.79 Å². The van der Waals surface area contributed by atoms with E-state index in [-0.39, 0.29) is 11.9 Å². The quantitative estimate of drug-likeness (QED) is 0.885. The molecule has 5 nitrogen and oxygen atoms in total. The number of carbonyl (C=O) groups is 1. The van der Waals surface area contributed by atoms with Crippen molar-refractivity contribution >= 4 is 5.91 Å². The summed E-state index contributed by atoms with van der Waals surface area (Å²) in [7, 11) is 1.59. The first-order chi connectivity index (χ1) is 11.2. The molecule has 0 aliphatic heterocycles. The van der Waals surface area contributed by atoms with Gasteiger partial charge >= 0.3 is 5.63 Å². The second-order valence-electron chi connectivity index (χ2n) is 6.13. The summed E-state index contributed by atoms with van der Waals surface area (Å²) in [6.07, 6.45) is 6.73. The van der Waals surface area contributed by atoms with Crippen LogP contribution in [0.2, 0.25) is 0 Å². The molecule has 1 aliphatic carbocycles. The van der Waals surface area contributed by atoms with Gasteiger partial charge in [0.2, 0.25) is 0 Å². The smallest absolute Gasteiger partial charge is 0.348 e. The molecule has 1 aromatic carbocycles. The highest BCUT2D eigenvalue weighted by Gasteiger charge is 2.25. The maximum atomic E-state index is 12.7. The average molecular weight is 314 g/mol. The standard InChI is InChI=1S/C18H22N2O3/c1-20-16(17(21)19-14-11-7-2-3-8-12-14)15(18(22)23-20)13-9-5-4-6-10-13/h4-6,9-10,14H,2-3,7-8,11-12H2,1H3,(H,19,21). The Morgan fingerprint density at radius 1 is 1.13 bits per heavy atom. The Morgan fingerprint density at radius 2 is 1.78 bits per heavy atom. The minimum absolute atomic E-state index is 0.179. The summed E-state index contributed by atoms with van der Waals surface area (Å²) >= 11 is 0. The van der Waals surface area contributed by atoms with Crippen LogP contribution < -0.4 is 10.9 Å². The molecule has 1 saturated carbocycles. The first-order valence-corrected chi connectivity index (χ1v) is 8.23. The SMILES string of the molecule is Cn1oc(=O)c(-c2ccccc2)c1C(=O)NC1CCCCCC1. The van der Waals surface area contributed by atoms with Crippen LogP contribution in [0.3, 0.4) is 0 Å². The third-order valence-corrected chi connectivity index (χ3v) is 4.44. The first kappa shape index (κ1) is 15.6. The molecule has 0 atom stereocenters. The zero-order valence-corrected chi connectivity index (χ0v) is 13.4. The van der Waals surface area contributed by atoms with E-state index >= 15 is 0 Å². The number of amides is 1. The summed E-state index contributed by atoms with van der Waals surface area (Å²) in [5.41, 5.74) is 0.849. The molecule has 0 unspecified atom stereocenters. The van der Waals surface area contributed by atoms with Crippen molar-refractivity contribution in [3.05, 3.63) is 46.4 Å². The fraction of sp³-hybridized carbons (Fsp3) is 0.444. The lowest BCUT2D eigenvalue weighted by molar-refractivity contribution is 0.0913. The monoisotopic (exact) mass is 314 g/mol. The van der Waals surface area contributed by atoms with Crippen molar-refractivity contribution in [3.8, 4) is 11.1 Å². The fourth-order valence-electron chi connectivity index (χ4n) is 3.26. The van der Waals surface area contributed by atoms with Gasteiger partial charge in [-0.2, -0.15) is 0 Å². The highest BCUT2D eigenvalue weighted by atomic mass is 16.5. The Bertz CT molecular complexity index is 722. The minimum Gasteiger partial charge on any atom is -0.348 e. The number of benzene rings is 1. The maximum absolute atomic E-state index is 12.7. The number of hydrogen-bond acceptors (Lipinski definition) is 3. The van der Waals surface area contributed by atoms with Crippen molar-refractivity contribution in [2.75, 3.05) is 0 Å². The third-order valence-electron chi connectivity index (χ3n) is 4.44. The van der Waals surface area contributed by atoms with Crippen LogP contribution in [0, 0.1) is 0 Å². The lowest BCUT2D eigenvalue weighted by atomic mass is 10.0. The van der Waals surface area contributed by atoms with Crippen LogP contribution in [0.4, 0.5) is 0 Å². The molecule has 0 saturated heterocycles. The van der Waals surface area contributed by atoms with E-state index < -0.39 is 5.63 Å². The van der Waals surface area contributed by atoms with Gasteiger partial charge in [-0.15, -0.1) is 0 Å². The molecule has 0 spiro atoms. The van der Waals surface area contributed by atoms with Gasteiger partial charge in [0.1, 0.15) is 5.56 Å². The first-order valence-electron chi connectivity index (χ1n) is 8.23. The Kier molecular flexibility index (Phi) is 4.65. The molecular weight excluding hydrogens is 292 g/mol. The number of nitrogens with zero attached hydrogens (tertiary/aromatic N) is 1. The topological polar surface area (TPSA) is 64.2 Å². The second kappa shape index (κ2) is 6.86. The van der Waals surface area contributed by atoms with E-state index in [1.54, 1.807) is 7.05 Å². The Hall–Kier alpha value is -2.30. The molecule has 1 heterocycles. The van der Waals surface area contributed by atoms with Crippen LogP contribution in [0.1, 0.15) is 49.0 Å². The zero-order chi connectivity index (χ0) is 16.2. The van der Waals surface area contributed by atoms with Gasteiger partial charge in [0.25, 0.3) is 5.91 Å². The highest BCUT2D eigenvalue weighted by Crippen LogP contribution is 2.22. The molecule has 0 radical (unpaired) electrons. The van der Waals surface area contributed by atoms with Crippen molar-refractivity contribution in [2.24, 2.45) is 7.05 Å². The van der Waals surface area contributed by atoms with Crippen LogP contribution in [-0.4, -0.2) is 16.7 Å². The molecule has 3 rings (SSSR count). The van der Waals surface area contributed by atoms with E-state index in [9.17, 15) is 9.59 Å². The summed E-state index contributed by atoms with van der Waals surface area (Å²) < 4.78 is 6.41. The van der Waals surface area contributed by atoms with Crippen molar-refractivity contribution in [3.63, 3.8) is 0 Å². The van der Waals surface area contributed by atoms with E-state index in [0.29, 0.717) is 16.8 Å². The van der Waals surface area contributed by atoms with Gasteiger partial charge in [0.15, 0.2) is 5.69 Å². The van der Waals surface area contributed by atoms with Crippen LogP contribution in [0.15, 0.2) is 39.6 Å². The summed E-state index contributed by atoms with van der Waals surface area (Å²) in [5, 5.41) is 3.08. The lowest BCUT2D eigenvalue weighted by Crippen LogP contribution is -2.35. The van der Waals surface area contributed by atoms with E-state index in [0.717, 1.165) is 25.7 Å². The van der Waals surface area contributed by atoms with Crippen molar-refractivity contribution in [2.45, 2.75) is 44.6 Å². The van der Waals surface area contributed by atoms with Gasteiger partial charge in [-0.05, 0) is 18.4 Å². The molecule has 1 aliphatic rings. The summed E-state index contributed by atoms with van der Waals surface area (Å²) in [6, 6.07) is 9.37. The number of rotatable bonds is 3. The highest BCUT2D eigenvalue weighted by molar-refractivity contribution is 5.99. The Balaban J connectivity index is 1.90. The lowest BCUT2D eigenvalue weighted by Gasteiger charge is -2.16. The van der Waals surface area contributed by atoms with Gasteiger partial charge in [0, 0.05) is 13.1 Å². The minimum atomic E-state index is -0.482. The number of carbonyl (C=O) groups excluding carboxylic acids is 1. The molecule has 1 amide bonds. The summed E-state index contributed by atoms with van der Waals surface area (Å²) in [5.74, 6) is -0.232. The zero-order valence-electron chi connectivity index (χ0n) is 13.4. The molecule has 122 valence electrons. The van der Waals surface area contributed by atoms with Gasteiger partial charge < -0.3 is 9.84 Å². The Labute approximate surface area is 135 Å². The second-order valence-corrected chi connectivity index (χ2v) is 6.13. The molecule has 1 N–H and O–H groups in total. The number of nitrogens with one attached hydrogen (secondary N) is 1. The van der Waals surface area contributed by atoms with E-state index in [1.165, 1.54) is 17.6 Å². The van der Waals surface area contributed by atoms with Crippen molar-refractivity contribution in [1.82, 2.24) is 10.1 Å². The number of aryl methyl sites for hydroxylation is 1. The molecule has 23 heavy (non-hydrogen) atoms. The van der Waals surface area contributed by atoms with Crippen molar-refractivity contribution in [1.29, 1.82) is 0 Å². The van der Waals surface area contributed by atoms with E-state index in [4.69, 9.17) is 4.52 Å². The molecule has 0 bridgehead atoms. The fourth-order valence-corrected chi connectivity index (χ4v) is 3.26.